The molecule has 0 saturated heterocycles. The normalized spacial score (nSPS) is 10.6. The van der Waals surface area contributed by atoms with Crippen LogP contribution in [0, 0.1) is 6.92 Å². The summed E-state index contributed by atoms with van der Waals surface area (Å²) < 4.78 is 1.39. The molecule has 1 aromatic carbocycles. The van der Waals surface area contributed by atoms with Gasteiger partial charge in [0.2, 0.25) is 5.91 Å². The SMILES string of the molecule is Cc1cnn(CCc2ccccn2)c(=O)c1CC(=O)NCc1cccc(Cl)c1. The van der Waals surface area contributed by atoms with Gasteiger partial charge in [-0.15, -0.1) is 0 Å². The van der Waals surface area contributed by atoms with Crippen molar-refractivity contribution in [3.05, 3.63) is 92.6 Å². The van der Waals surface area contributed by atoms with E-state index in [1.165, 1.54) is 4.68 Å². The van der Waals surface area contributed by atoms with Crippen molar-refractivity contribution in [3.63, 3.8) is 0 Å². The molecule has 2 heterocycles. The molecule has 1 amide bonds. The molecule has 0 fully saturated rings. The maximum atomic E-state index is 12.7. The van der Waals surface area contributed by atoms with E-state index in [1.54, 1.807) is 31.5 Å². The molecule has 0 atom stereocenters. The van der Waals surface area contributed by atoms with Gasteiger partial charge in [0.1, 0.15) is 0 Å². The number of halogens is 1. The number of carbonyl (C=O) groups is 1. The lowest BCUT2D eigenvalue weighted by atomic mass is 10.1. The van der Waals surface area contributed by atoms with Gasteiger partial charge in [0.15, 0.2) is 0 Å². The molecule has 0 saturated carbocycles. The molecule has 28 heavy (non-hydrogen) atoms. The Hall–Kier alpha value is -2.99. The third-order valence-corrected chi connectivity index (χ3v) is 4.62. The molecule has 0 aliphatic carbocycles. The molecule has 144 valence electrons. The highest BCUT2D eigenvalue weighted by molar-refractivity contribution is 6.30. The molecule has 0 radical (unpaired) electrons. The highest BCUT2D eigenvalue weighted by atomic mass is 35.5. The zero-order chi connectivity index (χ0) is 19.9. The Morgan fingerprint density at radius 1 is 1.21 bits per heavy atom. The third-order valence-electron chi connectivity index (χ3n) is 4.38. The first-order valence-corrected chi connectivity index (χ1v) is 9.37. The van der Waals surface area contributed by atoms with Gasteiger partial charge in [-0.05, 0) is 42.3 Å². The van der Waals surface area contributed by atoms with Crippen molar-refractivity contribution in [2.45, 2.75) is 32.9 Å². The summed E-state index contributed by atoms with van der Waals surface area (Å²) in [6.45, 7) is 2.56. The Morgan fingerprint density at radius 2 is 2.07 bits per heavy atom. The molecule has 6 nitrogen and oxygen atoms in total. The Balaban J connectivity index is 1.65. The number of hydrogen-bond donors (Lipinski definition) is 1. The van der Waals surface area contributed by atoms with Crippen LogP contribution in [0.4, 0.5) is 0 Å². The zero-order valence-corrected chi connectivity index (χ0v) is 16.3. The highest BCUT2D eigenvalue weighted by Crippen LogP contribution is 2.10. The van der Waals surface area contributed by atoms with E-state index in [9.17, 15) is 9.59 Å². The number of hydrogen-bond acceptors (Lipinski definition) is 4. The van der Waals surface area contributed by atoms with Crippen LogP contribution < -0.4 is 10.9 Å². The minimum atomic E-state index is -0.242. The van der Waals surface area contributed by atoms with Gasteiger partial charge in [0, 0.05) is 35.4 Å². The van der Waals surface area contributed by atoms with E-state index < -0.39 is 0 Å². The summed E-state index contributed by atoms with van der Waals surface area (Å²) >= 11 is 5.95. The van der Waals surface area contributed by atoms with Crippen molar-refractivity contribution in [3.8, 4) is 0 Å². The fraction of sp³-hybridized carbons (Fsp3) is 0.238. The second-order valence-electron chi connectivity index (χ2n) is 6.49. The smallest absolute Gasteiger partial charge is 0.270 e. The number of nitrogens with zero attached hydrogens (tertiary/aromatic N) is 3. The highest BCUT2D eigenvalue weighted by Gasteiger charge is 2.13. The van der Waals surface area contributed by atoms with Crippen LogP contribution in [-0.4, -0.2) is 20.7 Å². The predicted molar refractivity (Wildman–Crippen MR) is 108 cm³/mol. The number of carbonyl (C=O) groups excluding carboxylic acids is 1. The van der Waals surface area contributed by atoms with E-state index in [1.807, 2.05) is 30.3 Å². The number of nitrogens with one attached hydrogen (secondary N) is 1. The number of benzene rings is 1. The predicted octanol–water partition coefficient (Wildman–Crippen LogP) is 2.70. The largest absolute Gasteiger partial charge is 0.352 e. The van der Waals surface area contributed by atoms with Crippen molar-refractivity contribution in [1.82, 2.24) is 20.1 Å². The van der Waals surface area contributed by atoms with Gasteiger partial charge < -0.3 is 5.32 Å². The van der Waals surface area contributed by atoms with Crippen LogP contribution in [-0.2, 0) is 30.7 Å². The van der Waals surface area contributed by atoms with Gasteiger partial charge in [-0.1, -0.05) is 29.8 Å². The van der Waals surface area contributed by atoms with Crippen molar-refractivity contribution >= 4 is 17.5 Å². The monoisotopic (exact) mass is 396 g/mol. The Morgan fingerprint density at radius 3 is 2.82 bits per heavy atom. The van der Waals surface area contributed by atoms with Gasteiger partial charge in [-0.2, -0.15) is 5.10 Å². The summed E-state index contributed by atoms with van der Waals surface area (Å²) in [4.78, 5) is 29.3. The van der Waals surface area contributed by atoms with Crippen LogP contribution in [0.1, 0.15) is 22.4 Å². The van der Waals surface area contributed by atoms with Crippen LogP contribution in [0.15, 0.2) is 59.7 Å². The number of amides is 1. The first-order chi connectivity index (χ1) is 13.5. The molecule has 0 aliphatic heterocycles. The molecule has 3 aromatic rings. The van der Waals surface area contributed by atoms with Crippen molar-refractivity contribution in [2.75, 3.05) is 0 Å². The molecular formula is C21H21ClN4O2. The van der Waals surface area contributed by atoms with Gasteiger partial charge in [0.25, 0.3) is 5.56 Å². The molecule has 0 spiro atoms. The lowest BCUT2D eigenvalue weighted by Gasteiger charge is -2.10. The van der Waals surface area contributed by atoms with E-state index >= 15 is 0 Å². The number of aryl methyl sites for hydroxylation is 3. The quantitative estimate of drug-likeness (QED) is 0.666. The maximum Gasteiger partial charge on any atom is 0.270 e. The van der Waals surface area contributed by atoms with Gasteiger partial charge in [-0.25, -0.2) is 4.68 Å². The summed E-state index contributed by atoms with van der Waals surface area (Å²) in [5, 5.41) is 7.64. The minimum Gasteiger partial charge on any atom is -0.352 e. The molecule has 1 N–H and O–H groups in total. The van der Waals surface area contributed by atoms with E-state index in [0.29, 0.717) is 35.7 Å². The molecule has 7 heteroatoms. The number of pyridine rings is 1. The van der Waals surface area contributed by atoms with Crippen LogP contribution in [0.2, 0.25) is 5.02 Å². The number of rotatable bonds is 7. The van der Waals surface area contributed by atoms with E-state index in [4.69, 9.17) is 11.6 Å². The summed E-state index contributed by atoms with van der Waals surface area (Å²) in [6.07, 6.45) is 3.95. The van der Waals surface area contributed by atoms with Crippen molar-refractivity contribution in [2.24, 2.45) is 0 Å². The topological polar surface area (TPSA) is 76.9 Å². The zero-order valence-electron chi connectivity index (χ0n) is 15.6. The van der Waals surface area contributed by atoms with Crippen molar-refractivity contribution in [1.29, 1.82) is 0 Å². The average molecular weight is 397 g/mol. The van der Waals surface area contributed by atoms with Gasteiger partial charge >= 0.3 is 0 Å². The van der Waals surface area contributed by atoms with Crippen molar-refractivity contribution < 1.29 is 4.79 Å². The summed E-state index contributed by atoms with van der Waals surface area (Å²) in [6, 6.07) is 12.9. The minimum absolute atomic E-state index is 0.0112. The fourth-order valence-corrected chi connectivity index (χ4v) is 3.04. The van der Waals surface area contributed by atoms with E-state index in [-0.39, 0.29) is 17.9 Å². The lowest BCUT2D eigenvalue weighted by molar-refractivity contribution is -0.120. The Bertz CT molecular complexity index is 1020. The van der Waals surface area contributed by atoms with E-state index in [0.717, 1.165) is 11.3 Å². The molecule has 0 aliphatic rings. The van der Waals surface area contributed by atoms with Gasteiger partial charge in [-0.3, -0.25) is 14.6 Å². The number of aromatic nitrogens is 3. The average Bonchev–Trinajstić information content (AvgIpc) is 2.70. The molecule has 0 bridgehead atoms. The fourth-order valence-electron chi connectivity index (χ4n) is 2.82. The second-order valence-corrected chi connectivity index (χ2v) is 6.93. The Labute approximate surface area is 168 Å². The first kappa shape index (κ1) is 19.8. The third kappa shape index (κ3) is 5.27. The Kier molecular flexibility index (Phi) is 6.55. The summed E-state index contributed by atoms with van der Waals surface area (Å²) in [5.74, 6) is -0.220. The van der Waals surface area contributed by atoms with Crippen LogP contribution in [0.3, 0.4) is 0 Å². The molecular weight excluding hydrogens is 376 g/mol. The van der Waals surface area contributed by atoms with Crippen LogP contribution in [0.25, 0.3) is 0 Å². The second kappa shape index (κ2) is 9.28. The summed E-state index contributed by atoms with van der Waals surface area (Å²) in [5.41, 5.74) is 2.71. The summed E-state index contributed by atoms with van der Waals surface area (Å²) in [7, 11) is 0. The lowest BCUT2D eigenvalue weighted by Crippen LogP contribution is -2.32. The molecule has 0 unspecified atom stereocenters. The van der Waals surface area contributed by atoms with Crippen LogP contribution in [0.5, 0.6) is 0 Å². The maximum absolute atomic E-state index is 12.7. The first-order valence-electron chi connectivity index (χ1n) is 8.99. The standard InChI is InChI=1S/C21H21ClN4O2/c1-15-13-25-26(10-8-18-7-2-3-9-23-18)21(28)19(15)12-20(27)24-14-16-5-4-6-17(22)11-16/h2-7,9,11,13H,8,10,12,14H2,1H3,(H,24,27). The molecule has 3 rings (SSSR count). The van der Waals surface area contributed by atoms with E-state index in [2.05, 4.69) is 15.4 Å². The van der Waals surface area contributed by atoms with Gasteiger partial charge in [0.05, 0.1) is 19.2 Å². The van der Waals surface area contributed by atoms with Crippen LogP contribution >= 0.6 is 11.6 Å². The molecule has 2 aromatic heterocycles.